The van der Waals surface area contributed by atoms with Gasteiger partial charge in [0.2, 0.25) is 17.7 Å². The predicted octanol–water partition coefficient (Wildman–Crippen LogP) is 8.21. The molecular weight excluding hydrogens is 1140 g/mol. The molecule has 2 aromatic heterocycles. The highest BCUT2D eigenvalue weighted by molar-refractivity contribution is 7.13. The van der Waals surface area contributed by atoms with Crippen molar-refractivity contribution in [3.8, 4) is 21.9 Å². The fraction of sp³-hybridized carbons (Fsp3) is 0.466. The van der Waals surface area contributed by atoms with Crippen molar-refractivity contribution in [1.29, 1.82) is 0 Å². The number of pyridine rings is 1. The zero-order chi connectivity index (χ0) is 60.7. The van der Waals surface area contributed by atoms with Crippen LogP contribution in [0.5, 0.6) is 11.5 Å². The summed E-state index contributed by atoms with van der Waals surface area (Å²) >= 11 is 7.21. The lowest BCUT2D eigenvalue weighted by atomic mass is 9.85. The van der Waals surface area contributed by atoms with Crippen molar-refractivity contribution in [2.24, 2.45) is 5.41 Å². The lowest BCUT2D eigenvalue weighted by molar-refractivity contribution is -0.144. The van der Waals surface area contributed by atoms with Crippen LogP contribution in [0.1, 0.15) is 73.9 Å². The number of hydrogen-bond donors (Lipinski definition) is 6. The molecule has 0 spiro atoms. The maximum absolute atomic E-state index is 14.0. The number of aryl methyl sites for hydroxylation is 1. The Kier molecular flexibility index (Phi) is 26.1. The normalized spacial score (nSPS) is 15.0. The second-order valence-corrected chi connectivity index (χ2v) is 21.6. The van der Waals surface area contributed by atoms with Crippen LogP contribution in [0.15, 0.2) is 90.6 Å². The quantitative estimate of drug-likeness (QED) is 0.0222. The molecule has 84 heavy (non-hydrogen) atoms. The smallest absolute Gasteiger partial charge is 0.417 e. The first-order valence-corrected chi connectivity index (χ1v) is 28.4. The fourth-order valence-electron chi connectivity index (χ4n) is 8.40. The van der Waals surface area contributed by atoms with Gasteiger partial charge in [0.1, 0.15) is 29.3 Å². The Morgan fingerprint density at radius 3 is 1.90 bits per heavy atom. The molecule has 456 valence electrons. The molecule has 5 aromatic rings. The number of likely N-dealkylation sites (tertiary alicyclic amines) is 1. The topological polar surface area (TPSA) is 259 Å². The standard InChI is InChI=1S/C58H72ClF3N8O13S/c1-37(39-6-8-40(9-7-39)51-38(2)65-36-84-51)66-54(74)49-33-43(71)35-70(49)55(75)52(57(3,4)5)69-50(72)17-20-77-22-24-79-26-28-81-30-31-82-29-27-80-25-23-78-21-19-64-53(73)48-34-45(16-18-63-48)83-44-13-10-41(11-14-44)67-56(76)68-42-12-15-47(59)46(32-42)58(60,61)62/h6-16,18,32,34,36-37,43,49,52,71H,17,19-31,33,35H2,1-5H3,(H,64,73)(H,66,74)(H,69,72)(H2,67,68,76)/t37-,43-,49-,52?/m0/s1. The molecule has 6 rings (SSSR count). The minimum absolute atomic E-state index is 0.000470. The van der Waals surface area contributed by atoms with Gasteiger partial charge in [-0.3, -0.25) is 24.2 Å². The lowest BCUT2D eigenvalue weighted by Gasteiger charge is -2.35. The number of aromatic nitrogens is 2. The van der Waals surface area contributed by atoms with Gasteiger partial charge in [-0.05, 0) is 78.9 Å². The maximum Gasteiger partial charge on any atom is 0.417 e. The van der Waals surface area contributed by atoms with Crippen molar-refractivity contribution >= 4 is 64.0 Å². The number of nitrogens with one attached hydrogen (secondary N) is 5. The van der Waals surface area contributed by atoms with Gasteiger partial charge in [0.15, 0.2) is 0 Å². The van der Waals surface area contributed by atoms with Crippen molar-refractivity contribution < 1.29 is 75.4 Å². The van der Waals surface area contributed by atoms with Crippen molar-refractivity contribution in [2.75, 3.05) is 103 Å². The minimum atomic E-state index is -4.69. The number of hydrogen-bond acceptors (Lipinski definition) is 16. The number of carbonyl (C=O) groups excluding carboxylic acids is 5. The number of carbonyl (C=O) groups is 5. The van der Waals surface area contributed by atoms with Gasteiger partial charge in [0.05, 0.1) is 118 Å². The number of aliphatic hydroxyl groups excluding tert-OH is 1. The highest BCUT2D eigenvalue weighted by Crippen LogP contribution is 2.36. The van der Waals surface area contributed by atoms with Gasteiger partial charge in [0.25, 0.3) is 5.91 Å². The summed E-state index contributed by atoms with van der Waals surface area (Å²) in [6, 6.07) is 17.1. The van der Waals surface area contributed by atoms with E-state index in [9.17, 15) is 42.3 Å². The van der Waals surface area contributed by atoms with E-state index < -0.39 is 58.2 Å². The van der Waals surface area contributed by atoms with Crippen LogP contribution < -0.4 is 31.3 Å². The molecule has 1 unspecified atom stereocenters. The Morgan fingerprint density at radius 2 is 1.32 bits per heavy atom. The Bertz CT molecular complexity index is 2920. The van der Waals surface area contributed by atoms with E-state index in [0.29, 0.717) is 70.0 Å². The molecular formula is C58H72ClF3N8O13S. The van der Waals surface area contributed by atoms with E-state index in [1.54, 1.807) is 35.0 Å². The van der Waals surface area contributed by atoms with E-state index in [4.69, 9.17) is 44.8 Å². The highest BCUT2D eigenvalue weighted by atomic mass is 35.5. The highest BCUT2D eigenvalue weighted by Gasteiger charge is 2.45. The number of nitrogens with zero attached hydrogens (tertiary/aromatic N) is 3. The number of thiazole rings is 1. The van der Waals surface area contributed by atoms with Crippen molar-refractivity contribution in [1.82, 2.24) is 30.8 Å². The summed E-state index contributed by atoms with van der Waals surface area (Å²) in [5.41, 5.74) is 3.25. The number of benzene rings is 3. The molecule has 1 aliphatic heterocycles. The van der Waals surface area contributed by atoms with Gasteiger partial charge in [-0.1, -0.05) is 56.6 Å². The van der Waals surface area contributed by atoms with Crippen molar-refractivity contribution in [3.05, 3.63) is 118 Å². The third-order valence-electron chi connectivity index (χ3n) is 12.8. The van der Waals surface area contributed by atoms with E-state index in [1.165, 1.54) is 35.4 Å². The second-order valence-electron chi connectivity index (χ2n) is 20.3. The molecule has 1 saturated heterocycles. The Labute approximate surface area is 494 Å². The number of rotatable bonds is 32. The number of β-amino-alcohol motifs (C(OH)–C–C–N with tert-alkyl or cyclic N) is 1. The zero-order valence-electron chi connectivity index (χ0n) is 47.4. The molecule has 0 radical (unpaired) electrons. The van der Waals surface area contributed by atoms with E-state index in [2.05, 4.69) is 36.6 Å². The van der Waals surface area contributed by atoms with Crippen LogP contribution in [0, 0.1) is 12.3 Å². The largest absolute Gasteiger partial charge is 0.457 e. The summed E-state index contributed by atoms with van der Waals surface area (Å²) in [6.07, 6.45) is -4.08. The number of urea groups is 1. The summed E-state index contributed by atoms with van der Waals surface area (Å²) in [5.74, 6) is -0.960. The van der Waals surface area contributed by atoms with Crippen LogP contribution in [0.25, 0.3) is 10.4 Å². The Hall–Kier alpha value is -6.81. The third kappa shape index (κ3) is 21.7. The minimum Gasteiger partial charge on any atom is -0.457 e. The van der Waals surface area contributed by atoms with Gasteiger partial charge < -0.3 is 69.7 Å². The predicted molar refractivity (Wildman–Crippen MR) is 308 cm³/mol. The number of ether oxygens (including phenoxy) is 7. The third-order valence-corrected chi connectivity index (χ3v) is 14.1. The first-order chi connectivity index (χ1) is 40.2. The Balaban J connectivity index is 0.729. The molecule has 21 nitrogen and oxygen atoms in total. The number of halogens is 4. The van der Waals surface area contributed by atoms with E-state index in [-0.39, 0.29) is 81.6 Å². The van der Waals surface area contributed by atoms with Crippen molar-refractivity contribution in [2.45, 2.75) is 77.9 Å². The molecule has 0 bridgehead atoms. The molecule has 3 aromatic carbocycles. The zero-order valence-corrected chi connectivity index (χ0v) is 49.0. The van der Waals surface area contributed by atoms with E-state index in [0.717, 1.165) is 33.8 Å². The van der Waals surface area contributed by atoms with Gasteiger partial charge in [-0.15, -0.1) is 11.3 Å². The maximum atomic E-state index is 14.0. The Morgan fingerprint density at radius 1 is 0.738 bits per heavy atom. The molecule has 1 aliphatic rings. The second kappa shape index (κ2) is 33.0. The molecule has 4 atom stereocenters. The molecule has 0 aliphatic carbocycles. The first-order valence-electron chi connectivity index (χ1n) is 27.2. The summed E-state index contributed by atoms with van der Waals surface area (Å²) in [7, 11) is 0. The number of amides is 6. The SMILES string of the molecule is Cc1ncsc1-c1ccc([C@H](C)NC(=O)[C@@H]2C[C@H](O)CN2C(=O)C(NC(=O)CCOCCOCCOCCOCCOCCOCCNC(=O)c2cc(Oc3ccc(NC(=O)Nc4ccc(Cl)c(C(F)(F)F)c4)cc3)ccn2)C(C)(C)C)cc1. The van der Waals surface area contributed by atoms with Crippen molar-refractivity contribution in [3.63, 3.8) is 0 Å². The number of anilines is 2. The summed E-state index contributed by atoms with van der Waals surface area (Å²) in [5, 5.41) is 23.6. The molecule has 3 heterocycles. The molecule has 1 fully saturated rings. The molecule has 6 amide bonds. The lowest BCUT2D eigenvalue weighted by Crippen LogP contribution is -2.58. The van der Waals surface area contributed by atoms with Crippen LogP contribution in [0.4, 0.5) is 29.3 Å². The van der Waals surface area contributed by atoms with Crippen LogP contribution in [-0.2, 0) is 49.0 Å². The van der Waals surface area contributed by atoms with Gasteiger partial charge in [0, 0.05) is 49.6 Å². The molecule has 26 heteroatoms. The van der Waals surface area contributed by atoms with Crippen LogP contribution in [-0.4, -0.2) is 160 Å². The fourth-order valence-corrected chi connectivity index (χ4v) is 9.43. The van der Waals surface area contributed by atoms with E-state index >= 15 is 0 Å². The number of alkyl halides is 3. The molecule has 6 N–H and O–H groups in total. The van der Waals surface area contributed by atoms with Crippen LogP contribution in [0.3, 0.4) is 0 Å². The average Bonchev–Trinajstić information content (AvgIpc) is 4.25. The van der Waals surface area contributed by atoms with Crippen LogP contribution >= 0.6 is 22.9 Å². The summed E-state index contributed by atoms with van der Waals surface area (Å²) in [6.45, 7) is 13.1. The van der Waals surface area contributed by atoms with Gasteiger partial charge >= 0.3 is 12.2 Å². The summed E-state index contributed by atoms with van der Waals surface area (Å²) in [4.78, 5) is 76.7. The number of aliphatic hydroxyl groups is 1. The van der Waals surface area contributed by atoms with Crippen LogP contribution in [0.2, 0.25) is 5.02 Å². The molecule has 0 saturated carbocycles. The first kappa shape index (κ1) is 66.3. The van der Waals surface area contributed by atoms with Gasteiger partial charge in [-0.2, -0.15) is 13.2 Å². The summed E-state index contributed by atoms with van der Waals surface area (Å²) < 4.78 is 78.6. The average molecular weight is 1210 g/mol. The van der Waals surface area contributed by atoms with Gasteiger partial charge in [-0.25, -0.2) is 9.78 Å². The monoisotopic (exact) mass is 1210 g/mol. The van der Waals surface area contributed by atoms with E-state index in [1.807, 2.05) is 58.9 Å².